The summed E-state index contributed by atoms with van der Waals surface area (Å²) >= 11 is 0. The van der Waals surface area contributed by atoms with Gasteiger partial charge >= 0.3 is 0 Å². The van der Waals surface area contributed by atoms with Crippen LogP contribution in [0.25, 0.3) is 11.3 Å². The molecule has 2 fully saturated rings. The summed E-state index contributed by atoms with van der Waals surface area (Å²) in [6.07, 6.45) is 12.5. The first-order chi connectivity index (χ1) is 15.8. The van der Waals surface area contributed by atoms with Crippen LogP contribution in [0.1, 0.15) is 85.1 Å². The van der Waals surface area contributed by atoms with Crippen LogP contribution in [0.2, 0.25) is 0 Å². The third-order valence-corrected chi connectivity index (χ3v) is 8.18. The molecule has 2 aliphatic carbocycles. The maximum absolute atomic E-state index is 4.85. The van der Waals surface area contributed by atoms with Crippen molar-refractivity contribution in [1.82, 2.24) is 20.3 Å². The van der Waals surface area contributed by atoms with Gasteiger partial charge in [0.15, 0.2) is 0 Å². The second-order valence-corrected chi connectivity index (χ2v) is 11.0. The zero-order valence-electron chi connectivity index (χ0n) is 21.2. The number of unbranched alkanes of at least 4 members (excludes halogenated alkanes) is 1. The van der Waals surface area contributed by atoms with Crippen LogP contribution in [0, 0.1) is 10.8 Å². The highest BCUT2D eigenvalue weighted by Gasteiger charge is 2.64. The van der Waals surface area contributed by atoms with Crippen molar-refractivity contribution in [2.45, 2.75) is 98.2 Å². The van der Waals surface area contributed by atoms with Crippen molar-refractivity contribution in [3.63, 3.8) is 0 Å². The molecule has 4 rings (SSSR count). The lowest BCUT2D eigenvalue weighted by atomic mass is 9.95. The van der Waals surface area contributed by atoms with Gasteiger partial charge in [0.05, 0.1) is 11.3 Å². The molecule has 0 bridgehead atoms. The van der Waals surface area contributed by atoms with Crippen molar-refractivity contribution in [2.24, 2.45) is 10.8 Å². The fraction of sp³-hybridized carbons (Fsp3) is 0.667. The topological polar surface area (TPSA) is 74.8 Å². The standard InChI is InChI=1S/C27H42N6/c1-6-7-15-28-25-31-18-21(23(33-25)32-20-11-9-8-10-12-20)22-14-13-19(16-29-22)17-30-24-26(2,3)27(24,4)5/h13-14,16,18,20,24,30H,6-12,15,17H2,1-5H3,(H2,28,31,32,33). The highest BCUT2D eigenvalue weighted by molar-refractivity contribution is 5.73. The first-order valence-electron chi connectivity index (χ1n) is 12.9. The van der Waals surface area contributed by atoms with E-state index in [1.165, 1.54) is 37.7 Å². The molecule has 2 saturated carbocycles. The molecule has 0 saturated heterocycles. The summed E-state index contributed by atoms with van der Waals surface area (Å²) in [6.45, 7) is 13.3. The molecule has 0 atom stereocenters. The van der Waals surface area contributed by atoms with Gasteiger partial charge in [-0.05, 0) is 41.7 Å². The Morgan fingerprint density at radius 2 is 1.73 bits per heavy atom. The highest BCUT2D eigenvalue weighted by atomic mass is 15.1. The van der Waals surface area contributed by atoms with E-state index in [2.05, 4.69) is 67.7 Å². The van der Waals surface area contributed by atoms with Gasteiger partial charge in [0.25, 0.3) is 0 Å². The van der Waals surface area contributed by atoms with Gasteiger partial charge in [0.1, 0.15) is 5.82 Å². The van der Waals surface area contributed by atoms with Crippen LogP contribution in [-0.2, 0) is 6.54 Å². The number of nitrogens with one attached hydrogen (secondary N) is 3. The predicted octanol–water partition coefficient (Wildman–Crippen LogP) is 6.02. The monoisotopic (exact) mass is 450 g/mol. The molecule has 6 nitrogen and oxygen atoms in total. The van der Waals surface area contributed by atoms with E-state index < -0.39 is 0 Å². The van der Waals surface area contributed by atoms with Crippen molar-refractivity contribution >= 4 is 11.8 Å². The lowest BCUT2D eigenvalue weighted by Crippen LogP contribution is -2.23. The largest absolute Gasteiger partial charge is 0.367 e. The molecule has 0 aliphatic heterocycles. The zero-order valence-corrected chi connectivity index (χ0v) is 21.2. The number of rotatable bonds is 10. The van der Waals surface area contributed by atoms with Crippen LogP contribution in [0.3, 0.4) is 0 Å². The lowest BCUT2D eigenvalue weighted by Gasteiger charge is -2.24. The quantitative estimate of drug-likeness (QED) is 0.384. The molecule has 0 aromatic carbocycles. The Labute approximate surface area is 199 Å². The zero-order chi connectivity index (χ0) is 23.5. The molecule has 180 valence electrons. The Bertz CT molecular complexity index is 901. The first kappa shape index (κ1) is 23.9. The van der Waals surface area contributed by atoms with Gasteiger partial charge in [-0.3, -0.25) is 4.98 Å². The van der Waals surface area contributed by atoms with Crippen LogP contribution in [-0.4, -0.2) is 33.6 Å². The van der Waals surface area contributed by atoms with Crippen molar-refractivity contribution < 1.29 is 0 Å². The van der Waals surface area contributed by atoms with E-state index in [0.29, 0.717) is 28.9 Å². The first-order valence-corrected chi connectivity index (χ1v) is 12.9. The van der Waals surface area contributed by atoms with Crippen molar-refractivity contribution in [3.05, 3.63) is 30.1 Å². The smallest absolute Gasteiger partial charge is 0.224 e. The van der Waals surface area contributed by atoms with Gasteiger partial charge in [-0.1, -0.05) is 66.4 Å². The fourth-order valence-electron chi connectivity index (χ4n) is 5.20. The van der Waals surface area contributed by atoms with Crippen molar-refractivity contribution in [1.29, 1.82) is 0 Å². The molecule has 2 aliphatic rings. The Kier molecular flexibility index (Phi) is 7.22. The van der Waals surface area contributed by atoms with Gasteiger partial charge in [-0.15, -0.1) is 0 Å². The highest BCUT2D eigenvalue weighted by Crippen LogP contribution is 2.62. The van der Waals surface area contributed by atoms with E-state index in [9.17, 15) is 0 Å². The van der Waals surface area contributed by atoms with Crippen LogP contribution in [0.4, 0.5) is 11.8 Å². The van der Waals surface area contributed by atoms with Crippen LogP contribution < -0.4 is 16.0 Å². The van der Waals surface area contributed by atoms with E-state index >= 15 is 0 Å². The number of pyridine rings is 1. The normalized spacial score (nSPS) is 19.9. The van der Waals surface area contributed by atoms with E-state index in [1.807, 2.05) is 12.4 Å². The van der Waals surface area contributed by atoms with E-state index in [4.69, 9.17) is 9.97 Å². The molecular formula is C27H42N6. The lowest BCUT2D eigenvalue weighted by molar-refractivity contribution is 0.457. The summed E-state index contributed by atoms with van der Waals surface area (Å²) in [7, 11) is 0. The minimum absolute atomic E-state index is 0.338. The molecular weight excluding hydrogens is 408 g/mol. The van der Waals surface area contributed by atoms with E-state index in [1.54, 1.807) is 0 Å². The van der Waals surface area contributed by atoms with E-state index in [-0.39, 0.29) is 0 Å². The summed E-state index contributed by atoms with van der Waals surface area (Å²) in [4.78, 5) is 14.2. The maximum atomic E-state index is 4.85. The van der Waals surface area contributed by atoms with E-state index in [0.717, 1.165) is 43.0 Å². The number of hydrogen-bond donors (Lipinski definition) is 3. The molecule has 2 aromatic rings. The van der Waals surface area contributed by atoms with Crippen molar-refractivity contribution in [3.8, 4) is 11.3 Å². The Balaban J connectivity index is 1.47. The second-order valence-electron chi connectivity index (χ2n) is 11.0. The Morgan fingerprint density at radius 1 is 0.970 bits per heavy atom. The van der Waals surface area contributed by atoms with Gasteiger partial charge in [0, 0.05) is 37.6 Å². The average Bonchev–Trinajstić information content (AvgIpc) is 3.21. The molecule has 0 spiro atoms. The minimum Gasteiger partial charge on any atom is -0.367 e. The average molecular weight is 451 g/mol. The SMILES string of the molecule is CCCCNc1ncc(-c2ccc(CNC3C(C)(C)C3(C)C)cn2)c(NC2CCCCC2)n1. The summed E-state index contributed by atoms with van der Waals surface area (Å²) in [5.74, 6) is 1.59. The van der Waals surface area contributed by atoms with Gasteiger partial charge in [-0.2, -0.15) is 4.98 Å². The molecule has 0 radical (unpaired) electrons. The molecule has 0 unspecified atom stereocenters. The fourth-order valence-corrected chi connectivity index (χ4v) is 5.20. The Morgan fingerprint density at radius 3 is 2.36 bits per heavy atom. The van der Waals surface area contributed by atoms with Crippen LogP contribution in [0.5, 0.6) is 0 Å². The summed E-state index contributed by atoms with van der Waals surface area (Å²) < 4.78 is 0. The van der Waals surface area contributed by atoms with Crippen LogP contribution in [0.15, 0.2) is 24.5 Å². The number of aromatic nitrogens is 3. The van der Waals surface area contributed by atoms with Gasteiger partial charge in [0.2, 0.25) is 5.95 Å². The van der Waals surface area contributed by atoms with Crippen molar-refractivity contribution in [2.75, 3.05) is 17.2 Å². The maximum Gasteiger partial charge on any atom is 0.224 e. The minimum atomic E-state index is 0.338. The van der Waals surface area contributed by atoms with Crippen LogP contribution >= 0.6 is 0 Å². The predicted molar refractivity (Wildman–Crippen MR) is 137 cm³/mol. The number of hydrogen-bond acceptors (Lipinski definition) is 6. The van der Waals surface area contributed by atoms with Gasteiger partial charge < -0.3 is 16.0 Å². The third-order valence-electron chi connectivity index (χ3n) is 8.18. The third kappa shape index (κ3) is 5.32. The molecule has 6 heteroatoms. The molecule has 2 heterocycles. The Hall–Kier alpha value is -2.21. The number of nitrogens with zero attached hydrogens (tertiary/aromatic N) is 3. The molecule has 0 amide bonds. The summed E-state index contributed by atoms with van der Waals surface area (Å²) in [5.41, 5.74) is 3.78. The second kappa shape index (κ2) is 9.96. The van der Waals surface area contributed by atoms with Gasteiger partial charge in [-0.25, -0.2) is 4.98 Å². The molecule has 3 N–H and O–H groups in total. The summed E-state index contributed by atoms with van der Waals surface area (Å²) in [5, 5.41) is 10.8. The molecule has 2 aromatic heterocycles. The number of anilines is 2. The molecule has 33 heavy (non-hydrogen) atoms. The summed E-state index contributed by atoms with van der Waals surface area (Å²) in [6, 6.07) is 5.30.